The number of nitrogens with zero attached hydrogens (tertiary/aromatic N) is 5. The van der Waals surface area contributed by atoms with Crippen LogP contribution >= 0.6 is 0 Å². The Morgan fingerprint density at radius 2 is 1.70 bits per heavy atom. The largest absolute Gasteiger partial charge is 0.332 e. The van der Waals surface area contributed by atoms with Crippen molar-refractivity contribution in [3.05, 3.63) is 63.3 Å². The van der Waals surface area contributed by atoms with Crippen molar-refractivity contribution in [2.75, 3.05) is 11.4 Å². The maximum Gasteiger partial charge on any atom is 0.332 e. The molecule has 0 bridgehead atoms. The maximum atomic E-state index is 12.7. The Morgan fingerprint density at radius 1 is 0.926 bits per heavy atom. The van der Waals surface area contributed by atoms with Gasteiger partial charge < -0.3 is 9.47 Å². The summed E-state index contributed by atoms with van der Waals surface area (Å²) in [7, 11) is 3.16. The molecule has 27 heavy (non-hydrogen) atoms. The number of hydrogen-bond acceptors (Lipinski definition) is 4. The monoisotopic (exact) mass is 361 g/mol. The van der Waals surface area contributed by atoms with Crippen molar-refractivity contribution in [3.8, 4) is 0 Å². The van der Waals surface area contributed by atoms with Crippen LogP contribution in [0.2, 0.25) is 0 Å². The van der Waals surface area contributed by atoms with E-state index in [2.05, 4.69) is 35.2 Å². The average Bonchev–Trinajstić information content (AvgIpc) is 3.10. The third-order valence-corrected chi connectivity index (χ3v) is 5.38. The van der Waals surface area contributed by atoms with E-state index in [1.54, 1.807) is 7.05 Å². The second-order valence-electron chi connectivity index (χ2n) is 6.98. The Labute approximate surface area is 154 Å². The normalized spacial score (nSPS) is 14.1. The second-order valence-corrected chi connectivity index (χ2v) is 6.98. The van der Waals surface area contributed by atoms with E-state index in [0.29, 0.717) is 23.7 Å². The van der Waals surface area contributed by atoms with Gasteiger partial charge in [0.05, 0.1) is 0 Å². The highest BCUT2D eigenvalue weighted by molar-refractivity contribution is 5.87. The molecule has 7 heteroatoms. The molecule has 0 amide bonds. The Hall–Kier alpha value is -3.35. The molecule has 5 rings (SSSR count). The number of benzene rings is 2. The van der Waals surface area contributed by atoms with Crippen LogP contribution in [0.4, 0.5) is 11.6 Å². The highest BCUT2D eigenvalue weighted by atomic mass is 16.2. The lowest BCUT2D eigenvalue weighted by molar-refractivity contribution is 0.600. The lowest BCUT2D eigenvalue weighted by atomic mass is 10.1. The number of aromatic nitrogens is 4. The molecule has 2 aromatic carbocycles. The highest BCUT2D eigenvalue weighted by Gasteiger charge is 2.26. The van der Waals surface area contributed by atoms with Gasteiger partial charge in [-0.05, 0) is 29.3 Å². The summed E-state index contributed by atoms with van der Waals surface area (Å²) in [5.74, 6) is 0.713. The Bertz CT molecular complexity index is 1330. The van der Waals surface area contributed by atoms with Crippen molar-refractivity contribution < 1.29 is 0 Å². The molecule has 0 atom stereocenters. The van der Waals surface area contributed by atoms with Gasteiger partial charge in [-0.25, -0.2) is 4.79 Å². The van der Waals surface area contributed by atoms with Crippen LogP contribution in [0.15, 0.2) is 52.1 Å². The minimum Gasteiger partial charge on any atom is -0.312 e. The molecule has 0 saturated carbocycles. The van der Waals surface area contributed by atoms with Crippen LogP contribution in [0.3, 0.4) is 0 Å². The molecule has 0 fully saturated rings. The summed E-state index contributed by atoms with van der Waals surface area (Å²) in [4.78, 5) is 31.8. The second kappa shape index (κ2) is 5.57. The van der Waals surface area contributed by atoms with Crippen LogP contribution in [-0.4, -0.2) is 25.2 Å². The summed E-state index contributed by atoms with van der Waals surface area (Å²) in [6.07, 6.45) is 0.900. The number of anilines is 2. The van der Waals surface area contributed by atoms with Crippen molar-refractivity contribution in [2.45, 2.75) is 13.0 Å². The van der Waals surface area contributed by atoms with E-state index in [9.17, 15) is 9.59 Å². The standard InChI is InChI=1S/C20H19N5O2/c1-22-17-16(18(26)23(2)20(22)27)25-11-5-10-24(19(25)21-17)15-9-8-13-6-3-4-7-14(13)12-15/h3-4,6-9,12H,5,10-11H2,1-2H3. The minimum atomic E-state index is -0.361. The van der Waals surface area contributed by atoms with Gasteiger partial charge in [-0.1, -0.05) is 30.3 Å². The van der Waals surface area contributed by atoms with Crippen molar-refractivity contribution in [3.63, 3.8) is 0 Å². The van der Waals surface area contributed by atoms with Gasteiger partial charge in [0.15, 0.2) is 11.2 Å². The molecule has 136 valence electrons. The summed E-state index contributed by atoms with van der Waals surface area (Å²) in [6, 6.07) is 14.5. The quantitative estimate of drug-likeness (QED) is 0.521. The molecule has 0 aliphatic carbocycles. The maximum absolute atomic E-state index is 12.7. The Balaban J connectivity index is 1.77. The molecule has 1 aliphatic rings. The smallest absolute Gasteiger partial charge is 0.312 e. The van der Waals surface area contributed by atoms with Crippen LogP contribution < -0.4 is 16.1 Å². The van der Waals surface area contributed by atoms with E-state index in [1.807, 2.05) is 16.7 Å². The first-order valence-corrected chi connectivity index (χ1v) is 8.99. The van der Waals surface area contributed by atoms with Crippen molar-refractivity contribution in [1.82, 2.24) is 18.7 Å². The molecular formula is C20H19N5O2. The fourth-order valence-electron chi connectivity index (χ4n) is 3.93. The van der Waals surface area contributed by atoms with Gasteiger partial charge in [0.2, 0.25) is 5.95 Å². The Morgan fingerprint density at radius 3 is 2.52 bits per heavy atom. The summed E-state index contributed by atoms with van der Waals surface area (Å²) in [5.41, 5.74) is 1.30. The van der Waals surface area contributed by atoms with Crippen LogP contribution in [0.5, 0.6) is 0 Å². The zero-order valence-electron chi connectivity index (χ0n) is 15.2. The zero-order valence-corrected chi connectivity index (χ0v) is 15.2. The molecule has 0 N–H and O–H groups in total. The zero-order chi connectivity index (χ0) is 18.7. The molecule has 0 saturated heterocycles. The third kappa shape index (κ3) is 2.17. The van der Waals surface area contributed by atoms with Gasteiger partial charge in [0.25, 0.3) is 5.56 Å². The number of imidazole rings is 1. The van der Waals surface area contributed by atoms with Gasteiger partial charge in [-0.3, -0.25) is 13.9 Å². The molecule has 2 aromatic heterocycles. The first kappa shape index (κ1) is 15.9. The van der Waals surface area contributed by atoms with Gasteiger partial charge in [0, 0.05) is 32.9 Å². The van der Waals surface area contributed by atoms with E-state index in [0.717, 1.165) is 28.6 Å². The van der Waals surface area contributed by atoms with E-state index < -0.39 is 0 Å². The van der Waals surface area contributed by atoms with Crippen LogP contribution in [0.25, 0.3) is 21.9 Å². The van der Waals surface area contributed by atoms with Crippen LogP contribution in [0.1, 0.15) is 6.42 Å². The van der Waals surface area contributed by atoms with E-state index in [4.69, 9.17) is 4.98 Å². The van der Waals surface area contributed by atoms with Gasteiger partial charge in [-0.15, -0.1) is 0 Å². The lowest BCUT2D eigenvalue weighted by Crippen LogP contribution is -2.38. The fourth-order valence-corrected chi connectivity index (χ4v) is 3.93. The first-order valence-electron chi connectivity index (χ1n) is 8.99. The average molecular weight is 361 g/mol. The fraction of sp³-hybridized carbons (Fsp3) is 0.250. The van der Waals surface area contributed by atoms with Gasteiger partial charge >= 0.3 is 5.69 Å². The van der Waals surface area contributed by atoms with Crippen molar-refractivity contribution >= 4 is 33.6 Å². The SMILES string of the molecule is Cn1c(=O)c2c(nc3n2CCCN3c2ccc3ccccc3c2)n(C)c1=O. The number of aryl methyl sites for hydroxylation is 2. The molecule has 7 nitrogen and oxygen atoms in total. The molecule has 0 radical (unpaired) electrons. The third-order valence-electron chi connectivity index (χ3n) is 5.38. The summed E-state index contributed by atoms with van der Waals surface area (Å²) >= 11 is 0. The molecule has 0 spiro atoms. The summed E-state index contributed by atoms with van der Waals surface area (Å²) < 4.78 is 4.53. The molecular weight excluding hydrogens is 342 g/mol. The van der Waals surface area contributed by atoms with Gasteiger partial charge in [-0.2, -0.15) is 4.98 Å². The molecule has 1 aliphatic heterocycles. The van der Waals surface area contributed by atoms with Crippen LogP contribution in [-0.2, 0) is 20.6 Å². The number of fused-ring (bicyclic) bond motifs is 4. The predicted molar refractivity (Wildman–Crippen MR) is 106 cm³/mol. The minimum absolute atomic E-state index is 0.299. The topological polar surface area (TPSA) is 65.1 Å². The molecule has 0 unspecified atom stereocenters. The lowest BCUT2D eigenvalue weighted by Gasteiger charge is -2.29. The molecule has 3 heterocycles. The van der Waals surface area contributed by atoms with Gasteiger partial charge in [0.1, 0.15) is 0 Å². The highest BCUT2D eigenvalue weighted by Crippen LogP contribution is 2.32. The first-order chi connectivity index (χ1) is 13.1. The number of hydrogen-bond donors (Lipinski definition) is 0. The number of rotatable bonds is 1. The summed E-state index contributed by atoms with van der Waals surface area (Å²) in [6.45, 7) is 1.53. The predicted octanol–water partition coefficient (Wildman–Crippen LogP) is 2.13. The van der Waals surface area contributed by atoms with Crippen molar-refractivity contribution in [1.29, 1.82) is 0 Å². The van der Waals surface area contributed by atoms with E-state index in [-0.39, 0.29) is 11.2 Å². The Kier molecular flexibility index (Phi) is 3.28. The van der Waals surface area contributed by atoms with E-state index >= 15 is 0 Å². The molecule has 4 aromatic rings. The summed E-state index contributed by atoms with van der Waals surface area (Å²) in [5, 5.41) is 2.34. The van der Waals surface area contributed by atoms with Crippen LogP contribution in [0, 0.1) is 0 Å². The van der Waals surface area contributed by atoms with Crippen molar-refractivity contribution in [2.24, 2.45) is 14.1 Å². The van der Waals surface area contributed by atoms with E-state index in [1.165, 1.54) is 17.0 Å².